The monoisotopic (exact) mass is 455 g/mol. The minimum absolute atomic E-state index is 0.00946. The van der Waals surface area contributed by atoms with Gasteiger partial charge in [0.15, 0.2) is 5.65 Å². The second kappa shape index (κ2) is 7.85. The van der Waals surface area contributed by atoms with Gasteiger partial charge in [-0.3, -0.25) is 9.59 Å². The van der Waals surface area contributed by atoms with Gasteiger partial charge in [0, 0.05) is 25.0 Å². The van der Waals surface area contributed by atoms with Crippen LogP contribution in [0.2, 0.25) is 5.02 Å². The maximum absolute atomic E-state index is 13.4. The van der Waals surface area contributed by atoms with Crippen molar-refractivity contribution in [1.82, 2.24) is 19.9 Å². The van der Waals surface area contributed by atoms with Crippen LogP contribution in [0.1, 0.15) is 48.0 Å². The predicted octanol–water partition coefficient (Wildman–Crippen LogP) is 3.93. The van der Waals surface area contributed by atoms with Crippen LogP contribution in [0.25, 0.3) is 5.65 Å². The Kier molecular flexibility index (Phi) is 5.12. The van der Waals surface area contributed by atoms with E-state index >= 15 is 0 Å². The fourth-order valence-electron chi connectivity index (χ4n) is 4.92. The number of halogens is 2. The molecular weight excluding hydrogens is 433 g/mol. The molecule has 2 amide bonds. The number of nitrogens with zero attached hydrogens (tertiary/aromatic N) is 4. The average molecular weight is 456 g/mol. The number of nitrogens with one attached hydrogen (secondary N) is 1. The molecule has 5 rings (SSSR count). The SMILES string of the molecule is Cc1cnc2c(C(=O)NC3CCC4(CC3)CCN(c3ccc(F)cc3Cl)C4=O)cnn2c1. The molecule has 1 aromatic carbocycles. The van der Waals surface area contributed by atoms with Gasteiger partial charge in [-0.2, -0.15) is 5.10 Å². The molecule has 32 heavy (non-hydrogen) atoms. The van der Waals surface area contributed by atoms with Crippen molar-refractivity contribution in [3.8, 4) is 0 Å². The Morgan fingerprint density at radius 1 is 1.25 bits per heavy atom. The molecule has 9 heteroatoms. The number of fused-ring (bicyclic) bond motifs is 1. The van der Waals surface area contributed by atoms with Crippen LogP contribution < -0.4 is 10.2 Å². The van der Waals surface area contributed by atoms with Crippen LogP contribution in [-0.4, -0.2) is 39.0 Å². The molecule has 0 unspecified atom stereocenters. The summed E-state index contributed by atoms with van der Waals surface area (Å²) in [6, 6.07) is 4.11. The lowest BCUT2D eigenvalue weighted by atomic mass is 9.71. The van der Waals surface area contributed by atoms with Gasteiger partial charge in [-0.15, -0.1) is 0 Å². The molecule has 3 aromatic rings. The largest absolute Gasteiger partial charge is 0.349 e. The van der Waals surface area contributed by atoms with Crippen LogP contribution in [0.4, 0.5) is 10.1 Å². The molecule has 2 aliphatic rings. The normalized spacial score (nSPS) is 23.3. The number of carbonyl (C=O) groups is 2. The molecule has 1 saturated heterocycles. The standard InChI is InChI=1S/C23H23ClFN5O2/c1-14-11-26-20-17(12-27-30(20)13-14)21(31)28-16-4-6-23(7-5-16)8-9-29(22(23)32)19-3-2-15(25)10-18(19)24/h2-3,10-13,16H,4-9H2,1H3,(H,28,31). The molecule has 0 atom stereocenters. The third kappa shape index (κ3) is 3.52. The maximum Gasteiger partial charge on any atom is 0.256 e. The van der Waals surface area contributed by atoms with Crippen molar-refractivity contribution in [2.45, 2.75) is 45.1 Å². The summed E-state index contributed by atoms with van der Waals surface area (Å²) >= 11 is 6.19. The number of rotatable bonds is 3. The summed E-state index contributed by atoms with van der Waals surface area (Å²) in [7, 11) is 0. The first-order chi connectivity index (χ1) is 15.4. The van der Waals surface area contributed by atoms with Crippen molar-refractivity contribution in [3.63, 3.8) is 0 Å². The van der Waals surface area contributed by atoms with E-state index in [1.807, 2.05) is 13.1 Å². The zero-order chi connectivity index (χ0) is 22.5. The Morgan fingerprint density at radius 3 is 2.78 bits per heavy atom. The van der Waals surface area contributed by atoms with E-state index in [1.165, 1.54) is 18.3 Å². The van der Waals surface area contributed by atoms with E-state index in [4.69, 9.17) is 11.6 Å². The van der Waals surface area contributed by atoms with E-state index in [-0.39, 0.29) is 22.9 Å². The Labute approximate surface area is 189 Å². The molecule has 2 fully saturated rings. The lowest BCUT2D eigenvalue weighted by Gasteiger charge is -2.36. The number of amides is 2. The van der Waals surface area contributed by atoms with Crippen molar-refractivity contribution < 1.29 is 14.0 Å². The molecule has 1 spiro atoms. The van der Waals surface area contributed by atoms with Crippen LogP contribution >= 0.6 is 11.6 Å². The van der Waals surface area contributed by atoms with Gasteiger partial charge < -0.3 is 10.2 Å². The summed E-state index contributed by atoms with van der Waals surface area (Å²) < 4.78 is 15.0. The quantitative estimate of drug-likeness (QED) is 0.649. The molecule has 1 aliphatic heterocycles. The third-order valence-corrected chi connectivity index (χ3v) is 7.02. The molecule has 2 aromatic heterocycles. The first-order valence-corrected chi connectivity index (χ1v) is 11.1. The number of hydrogen-bond donors (Lipinski definition) is 1. The molecule has 1 aliphatic carbocycles. The number of benzene rings is 1. The molecule has 1 N–H and O–H groups in total. The second-order valence-corrected chi connectivity index (χ2v) is 9.20. The number of aromatic nitrogens is 3. The Morgan fingerprint density at radius 2 is 2.03 bits per heavy atom. The van der Waals surface area contributed by atoms with Gasteiger partial charge >= 0.3 is 0 Å². The highest BCUT2D eigenvalue weighted by atomic mass is 35.5. The van der Waals surface area contributed by atoms with E-state index in [9.17, 15) is 14.0 Å². The van der Waals surface area contributed by atoms with Crippen LogP contribution in [0.15, 0.2) is 36.8 Å². The van der Waals surface area contributed by atoms with Gasteiger partial charge in [0.2, 0.25) is 5.91 Å². The predicted molar refractivity (Wildman–Crippen MR) is 118 cm³/mol. The molecule has 1 saturated carbocycles. The van der Waals surface area contributed by atoms with Gasteiger partial charge in [-0.05, 0) is 62.8 Å². The summed E-state index contributed by atoms with van der Waals surface area (Å²) in [6.07, 6.45) is 8.63. The second-order valence-electron chi connectivity index (χ2n) is 8.79. The van der Waals surface area contributed by atoms with Crippen molar-refractivity contribution >= 4 is 34.7 Å². The van der Waals surface area contributed by atoms with Crippen LogP contribution in [-0.2, 0) is 4.79 Å². The smallest absolute Gasteiger partial charge is 0.256 e. The molecule has 3 heterocycles. The van der Waals surface area contributed by atoms with Gasteiger partial charge in [0.05, 0.1) is 22.3 Å². The van der Waals surface area contributed by atoms with E-state index in [0.29, 0.717) is 49.1 Å². The molecule has 0 bridgehead atoms. The zero-order valence-corrected chi connectivity index (χ0v) is 18.4. The van der Waals surface area contributed by atoms with Gasteiger partial charge in [0.25, 0.3) is 5.91 Å². The number of aryl methyl sites for hydroxylation is 1. The Bertz CT molecular complexity index is 1220. The van der Waals surface area contributed by atoms with E-state index in [0.717, 1.165) is 12.0 Å². The fourth-order valence-corrected chi connectivity index (χ4v) is 5.19. The van der Waals surface area contributed by atoms with Crippen LogP contribution in [0.5, 0.6) is 0 Å². The van der Waals surface area contributed by atoms with Crippen molar-refractivity contribution in [1.29, 1.82) is 0 Å². The summed E-state index contributed by atoms with van der Waals surface area (Å²) in [4.78, 5) is 32.1. The van der Waals surface area contributed by atoms with E-state index in [2.05, 4.69) is 15.4 Å². The van der Waals surface area contributed by atoms with Crippen LogP contribution in [0.3, 0.4) is 0 Å². The fraction of sp³-hybridized carbons (Fsp3) is 0.391. The molecular formula is C23H23ClFN5O2. The number of hydrogen-bond acceptors (Lipinski definition) is 4. The van der Waals surface area contributed by atoms with Gasteiger partial charge in [-0.1, -0.05) is 11.6 Å². The summed E-state index contributed by atoms with van der Waals surface area (Å²) in [5.74, 6) is -0.583. The van der Waals surface area contributed by atoms with E-state index in [1.54, 1.807) is 21.7 Å². The Hall–Kier alpha value is -3.00. The van der Waals surface area contributed by atoms with Crippen molar-refractivity contribution in [2.75, 3.05) is 11.4 Å². The van der Waals surface area contributed by atoms with Crippen LogP contribution in [0, 0.1) is 18.2 Å². The first-order valence-electron chi connectivity index (χ1n) is 10.7. The lowest BCUT2D eigenvalue weighted by molar-refractivity contribution is -0.127. The average Bonchev–Trinajstić information content (AvgIpc) is 3.32. The molecule has 0 radical (unpaired) electrons. The highest BCUT2D eigenvalue weighted by Gasteiger charge is 2.49. The highest BCUT2D eigenvalue weighted by Crippen LogP contribution is 2.47. The van der Waals surface area contributed by atoms with Gasteiger partial charge in [0.1, 0.15) is 11.4 Å². The van der Waals surface area contributed by atoms with Crippen molar-refractivity contribution in [2.24, 2.45) is 5.41 Å². The number of carbonyl (C=O) groups excluding carboxylic acids is 2. The minimum Gasteiger partial charge on any atom is -0.349 e. The molecule has 166 valence electrons. The molecule has 7 nitrogen and oxygen atoms in total. The summed E-state index contributed by atoms with van der Waals surface area (Å²) in [6.45, 7) is 2.48. The van der Waals surface area contributed by atoms with E-state index < -0.39 is 11.2 Å². The topological polar surface area (TPSA) is 79.6 Å². The third-order valence-electron chi connectivity index (χ3n) is 6.72. The Balaban J connectivity index is 1.25. The zero-order valence-electron chi connectivity index (χ0n) is 17.6. The maximum atomic E-state index is 13.4. The summed E-state index contributed by atoms with van der Waals surface area (Å²) in [5, 5.41) is 7.55. The summed E-state index contributed by atoms with van der Waals surface area (Å²) in [5.41, 5.74) is 2.05. The van der Waals surface area contributed by atoms with Crippen molar-refractivity contribution in [3.05, 3.63) is 58.8 Å². The minimum atomic E-state index is -0.442. The first kappa shape index (κ1) is 20.9. The number of anilines is 1. The lowest BCUT2D eigenvalue weighted by Crippen LogP contribution is -2.43. The van der Waals surface area contributed by atoms with Gasteiger partial charge in [-0.25, -0.2) is 13.9 Å². The highest BCUT2D eigenvalue weighted by molar-refractivity contribution is 6.34.